The molecule has 1 heterocycles. The molecule has 1 unspecified atom stereocenters. The fourth-order valence-corrected chi connectivity index (χ4v) is 2.25. The minimum absolute atomic E-state index is 0.346. The van der Waals surface area contributed by atoms with E-state index in [0.717, 1.165) is 28.9 Å². The van der Waals surface area contributed by atoms with Gasteiger partial charge in [-0.15, -0.1) is 0 Å². The topological polar surface area (TPSA) is 49.3 Å². The van der Waals surface area contributed by atoms with Gasteiger partial charge < -0.3 is 10.4 Å². The van der Waals surface area contributed by atoms with E-state index in [4.69, 9.17) is 0 Å². The van der Waals surface area contributed by atoms with Gasteiger partial charge in [0.1, 0.15) is 0 Å². The Morgan fingerprint density at radius 2 is 2.07 bits per heavy atom. The first-order valence-electron chi connectivity index (χ1n) is 5.18. The lowest BCUT2D eigenvalue weighted by atomic mass is 9.86. The highest BCUT2D eigenvalue weighted by Crippen LogP contribution is 2.36. The maximum atomic E-state index is 11.2. The van der Waals surface area contributed by atoms with Crippen LogP contribution in [0.3, 0.4) is 0 Å². The van der Waals surface area contributed by atoms with Gasteiger partial charge in [0, 0.05) is 12.2 Å². The van der Waals surface area contributed by atoms with E-state index in [0.29, 0.717) is 6.42 Å². The summed E-state index contributed by atoms with van der Waals surface area (Å²) in [6.07, 6.45) is 0.673. The molecule has 0 saturated heterocycles. The first-order chi connectivity index (χ1) is 7.11. The van der Waals surface area contributed by atoms with E-state index >= 15 is 0 Å². The number of fused-ring (bicyclic) bond motifs is 1. The lowest BCUT2D eigenvalue weighted by Gasteiger charge is -2.27. The van der Waals surface area contributed by atoms with Crippen LogP contribution in [0.4, 0.5) is 5.69 Å². The number of benzene rings is 1. The Bertz CT molecular complexity index is 412. The zero-order chi connectivity index (χ0) is 11.0. The van der Waals surface area contributed by atoms with Crippen molar-refractivity contribution in [3.63, 3.8) is 0 Å². The molecule has 0 saturated carbocycles. The number of hydrogen-bond acceptors (Lipinski definition) is 2. The summed E-state index contributed by atoms with van der Waals surface area (Å²) >= 11 is 0. The average molecular weight is 205 g/mol. The standard InChI is InChI=1S/C12H15NO2/c1-7-3-4-8(2)11-10(7)9(12(14)15)5-6-13-11/h3-4,9,13H,5-6H2,1-2H3,(H,14,15). The smallest absolute Gasteiger partial charge is 0.311 e. The molecule has 0 bridgehead atoms. The summed E-state index contributed by atoms with van der Waals surface area (Å²) in [6.45, 7) is 4.73. The zero-order valence-electron chi connectivity index (χ0n) is 9.00. The van der Waals surface area contributed by atoms with E-state index in [2.05, 4.69) is 5.32 Å². The van der Waals surface area contributed by atoms with E-state index in [-0.39, 0.29) is 5.92 Å². The number of carboxylic acids is 1. The van der Waals surface area contributed by atoms with Crippen molar-refractivity contribution < 1.29 is 9.90 Å². The van der Waals surface area contributed by atoms with E-state index in [1.165, 1.54) is 0 Å². The quantitative estimate of drug-likeness (QED) is 0.739. The third-order valence-electron chi connectivity index (χ3n) is 3.05. The van der Waals surface area contributed by atoms with Gasteiger partial charge >= 0.3 is 5.97 Å². The number of aryl methyl sites for hydroxylation is 2. The summed E-state index contributed by atoms with van der Waals surface area (Å²) in [6, 6.07) is 4.03. The predicted molar refractivity (Wildman–Crippen MR) is 59.4 cm³/mol. The minimum Gasteiger partial charge on any atom is -0.481 e. The Hall–Kier alpha value is -1.51. The molecule has 0 radical (unpaired) electrons. The van der Waals surface area contributed by atoms with E-state index in [1.54, 1.807) is 0 Å². The number of aliphatic carboxylic acids is 1. The summed E-state index contributed by atoms with van der Waals surface area (Å²) < 4.78 is 0. The molecule has 3 nitrogen and oxygen atoms in total. The van der Waals surface area contributed by atoms with Crippen LogP contribution >= 0.6 is 0 Å². The van der Waals surface area contributed by atoms with Crippen LogP contribution < -0.4 is 5.32 Å². The molecule has 1 aliphatic heterocycles. The third-order valence-corrected chi connectivity index (χ3v) is 3.05. The number of carboxylic acid groups (broad SMARTS) is 1. The molecule has 0 aliphatic carbocycles. The molecule has 2 N–H and O–H groups in total. The molecule has 1 aromatic rings. The van der Waals surface area contributed by atoms with Crippen LogP contribution in [0.15, 0.2) is 12.1 Å². The monoisotopic (exact) mass is 205 g/mol. The second kappa shape index (κ2) is 3.57. The van der Waals surface area contributed by atoms with Crippen molar-refractivity contribution in [2.45, 2.75) is 26.2 Å². The predicted octanol–water partition coefficient (Wildman–Crippen LogP) is 2.29. The maximum absolute atomic E-state index is 11.2. The van der Waals surface area contributed by atoms with Crippen molar-refractivity contribution in [3.8, 4) is 0 Å². The minimum atomic E-state index is -0.716. The molecule has 1 aromatic carbocycles. The second-order valence-corrected chi connectivity index (χ2v) is 4.09. The fourth-order valence-electron chi connectivity index (χ4n) is 2.25. The van der Waals surface area contributed by atoms with Crippen LogP contribution in [0.25, 0.3) is 0 Å². The van der Waals surface area contributed by atoms with E-state index in [9.17, 15) is 9.90 Å². The van der Waals surface area contributed by atoms with Gasteiger partial charge in [0.2, 0.25) is 0 Å². The molecule has 0 spiro atoms. The van der Waals surface area contributed by atoms with Gasteiger partial charge in [-0.3, -0.25) is 4.79 Å². The van der Waals surface area contributed by atoms with Crippen LogP contribution in [0.2, 0.25) is 0 Å². The van der Waals surface area contributed by atoms with Crippen molar-refractivity contribution in [2.75, 3.05) is 11.9 Å². The van der Waals surface area contributed by atoms with Gasteiger partial charge in [-0.1, -0.05) is 12.1 Å². The highest BCUT2D eigenvalue weighted by Gasteiger charge is 2.28. The van der Waals surface area contributed by atoms with Gasteiger partial charge in [0.05, 0.1) is 5.92 Å². The zero-order valence-corrected chi connectivity index (χ0v) is 9.00. The van der Waals surface area contributed by atoms with Crippen LogP contribution in [-0.4, -0.2) is 17.6 Å². The Morgan fingerprint density at radius 3 is 2.73 bits per heavy atom. The van der Waals surface area contributed by atoms with Crippen LogP contribution in [0, 0.1) is 13.8 Å². The first kappa shape index (κ1) is 10.0. The summed E-state index contributed by atoms with van der Waals surface area (Å²) in [4.78, 5) is 11.2. The van der Waals surface area contributed by atoms with E-state index < -0.39 is 5.97 Å². The molecule has 2 rings (SSSR count). The molecule has 1 atom stereocenters. The van der Waals surface area contributed by atoms with E-state index in [1.807, 2.05) is 26.0 Å². The molecular weight excluding hydrogens is 190 g/mol. The summed E-state index contributed by atoms with van der Waals surface area (Å²) in [5, 5.41) is 12.5. The fraction of sp³-hybridized carbons (Fsp3) is 0.417. The number of nitrogens with one attached hydrogen (secondary N) is 1. The molecule has 0 amide bonds. The number of carbonyl (C=O) groups is 1. The molecule has 15 heavy (non-hydrogen) atoms. The van der Waals surface area contributed by atoms with Crippen molar-refractivity contribution in [1.82, 2.24) is 0 Å². The maximum Gasteiger partial charge on any atom is 0.311 e. The van der Waals surface area contributed by atoms with Gasteiger partial charge in [-0.2, -0.15) is 0 Å². The highest BCUT2D eigenvalue weighted by molar-refractivity contribution is 5.81. The average Bonchev–Trinajstić information content (AvgIpc) is 2.23. The first-order valence-corrected chi connectivity index (χ1v) is 5.18. The number of anilines is 1. The Morgan fingerprint density at radius 1 is 1.40 bits per heavy atom. The van der Waals surface area contributed by atoms with Crippen LogP contribution in [0.1, 0.15) is 29.0 Å². The van der Waals surface area contributed by atoms with Crippen molar-refractivity contribution in [2.24, 2.45) is 0 Å². The lowest BCUT2D eigenvalue weighted by molar-refractivity contribution is -0.138. The molecule has 0 aromatic heterocycles. The number of hydrogen-bond donors (Lipinski definition) is 2. The van der Waals surface area contributed by atoms with Crippen molar-refractivity contribution in [1.29, 1.82) is 0 Å². The molecule has 0 fully saturated rings. The summed E-state index contributed by atoms with van der Waals surface area (Å²) in [5.74, 6) is -1.06. The van der Waals surface area contributed by atoms with Gasteiger partial charge in [-0.05, 0) is 37.0 Å². The van der Waals surface area contributed by atoms with Gasteiger partial charge in [0.25, 0.3) is 0 Å². The number of rotatable bonds is 1. The molecule has 3 heteroatoms. The second-order valence-electron chi connectivity index (χ2n) is 4.09. The Labute approximate surface area is 89.1 Å². The van der Waals surface area contributed by atoms with Gasteiger partial charge in [-0.25, -0.2) is 0 Å². The third kappa shape index (κ3) is 1.58. The summed E-state index contributed by atoms with van der Waals surface area (Å²) in [7, 11) is 0. The Kier molecular flexibility index (Phi) is 2.39. The largest absolute Gasteiger partial charge is 0.481 e. The van der Waals surface area contributed by atoms with Crippen LogP contribution in [-0.2, 0) is 4.79 Å². The normalized spacial score (nSPS) is 19.2. The SMILES string of the molecule is Cc1ccc(C)c2c1NCCC2C(=O)O. The lowest BCUT2D eigenvalue weighted by Crippen LogP contribution is -2.24. The van der Waals surface area contributed by atoms with Crippen molar-refractivity contribution >= 4 is 11.7 Å². The molecular formula is C12H15NO2. The Balaban J connectivity index is 2.59. The highest BCUT2D eigenvalue weighted by atomic mass is 16.4. The van der Waals surface area contributed by atoms with Crippen molar-refractivity contribution in [3.05, 3.63) is 28.8 Å². The van der Waals surface area contributed by atoms with Crippen LogP contribution in [0.5, 0.6) is 0 Å². The summed E-state index contributed by atoms with van der Waals surface area (Å²) in [5.41, 5.74) is 4.18. The van der Waals surface area contributed by atoms with Gasteiger partial charge in [0.15, 0.2) is 0 Å². The molecule has 80 valence electrons. The molecule has 1 aliphatic rings.